The number of hydrogen-bond donors (Lipinski definition) is 2. The maximum atomic E-state index is 12.4. The van der Waals surface area contributed by atoms with E-state index >= 15 is 0 Å². The summed E-state index contributed by atoms with van der Waals surface area (Å²) in [5, 5.41) is 5.42. The van der Waals surface area contributed by atoms with Crippen molar-refractivity contribution < 1.29 is 19.1 Å². The van der Waals surface area contributed by atoms with Crippen LogP contribution >= 0.6 is 0 Å². The summed E-state index contributed by atoms with van der Waals surface area (Å²) in [6, 6.07) is 14.5. The normalized spacial score (nSPS) is 16.2. The van der Waals surface area contributed by atoms with Crippen LogP contribution < -0.4 is 15.4 Å². The van der Waals surface area contributed by atoms with Crippen LogP contribution in [0.4, 0.5) is 4.79 Å². The Morgan fingerprint density at radius 3 is 2.46 bits per heavy atom. The number of carbonyl (C=O) groups excluding carboxylic acids is 2. The summed E-state index contributed by atoms with van der Waals surface area (Å²) in [6.07, 6.45) is 0. The lowest BCUT2D eigenvalue weighted by Crippen LogP contribution is -2.45. The molecule has 1 aliphatic rings. The lowest BCUT2D eigenvalue weighted by atomic mass is 9.95. The lowest BCUT2D eigenvalue weighted by Gasteiger charge is -2.28. The second-order valence-corrected chi connectivity index (χ2v) is 6.57. The Labute approximate surface area is 164 Å². The van der Waals surface area contributed by atoms with E-state index < -0.39 is 12.0 Å². The Morgan fingerprint density at radius 2 is 1.79 bits per heavy atom. The second kappa shape index (κ2) is 8.61. The van der Waals surface area contributed by atoms with Gasteiger partial charge >= 0.3 is 12.0 Å². The molecule has 6 heteroatoms. The van der Waals surface area contributed by atoms with Crippen molar-refractivity contribution >= 4 is 12.0 Å². The number of amides is 2. The topological polar surface area (TPSA) is 76.7 Å². The van der Waals surface area contributed by atoms with E-state index in [1.807, 2.05) is 55.5 Å². The average molecular weight is 380 g/mol. The Hall–Kier alpha value is -3.28. The number of carbonyl (C=O) groups is 2. The molecular weight excluding hydrogens is 356 g/mol. The maximum Gasteiger partial charge on any atom is 0.338 e. The smallest absolute Gasteiger partial charge is 0.338 e. The molecule has 1 aliphatic heterocycles. The average Bonchev–Trinajstić information content (AvgIpc) is 2.67. The first kappa shape index (κ1) is 19.5. The van der Waals surface area contributed by atoms with E-state index in [-0.39, 0.29) is 12.6 Å². The van der Waals surface area contributed by atoms with E-state index in [0.29, 0.717) is 23.6 Å². The van der Waals surface area contributed by atoms with Gasteiger partial charge in [-0.25, -0.2) is 9.59 Å². The van der Waals surface area contributed by atoms with Crippen LogP contribution in [-0.2, 0) is 16.1 Å². The number of nitrogens with one attached hydrogen (secondary N) is 2. The van der Waals surface area contributed by atoms with Gasteiger partial charge in [0.25, 0.3) is 0 Å². The van der Waals surface area contributed by atoms with Crippen LogP contribution in [0.15, 0.2) is 59.8 Å². The molecule has 0 fully saturated rings. The Kier molecular flexibility index (Phi) is 5.99. The van der Waals surface area contributed by atoms with Gasteiger partial charge in [0.2, 0.25) is 0 Å². The quantitative estimate of drug-likeness (QED) is 0.748. The number of esters is 1. The highest BCUT2D eigenvalue weighted by Gasteiger charge is 2.32. The number of ether oxygens (including phenoxy) is 2. The first-order chi connectivity index (χ1) is 13.5. The van der Waals surface area contributed by atoms with Gasteiger partial charge in [-0.1, -0.05) is 36.4 Å². The van der Waals surface area contributed by atoms with E-state index in [4.69, 9.17) is 9.47 Å². The molecule has 6 nitrogen and oxygen atoms in total. The third kappa shape index (κ3) is 4.34. The Balaban J connectivity index is 1.77. The van der Waals surface area contributed by atoms with Crippen LogP contribution in [0.3, 0.4) is 0 Å². The van der Waals surface area contributed by atoms with Crippen LogP contribution in [0.5, 0.6) is 5.75 Å². The predicted octanol–water partition coefficient (Wildman–Crippen LogP) is 3.77. The minimum atomic E-state index is -0.571. The van der Waals surface area contributed by atoms with Gasteiger partial charge in [-0.05, 0) is 49.6 Å². The number of hydrogen-bond acceptors (Lipinski definition) is 4. The molecule has 1 heterocycles. The van der Waals surface area contributed by atoms with Crippen molar-refractivity contribution in [3.63, 3.8) is 0 Å². The molecule has 0 radical (unpaired) electrons. The molecule has 0 saturated heterocycles. The lowest BCUT2D eigenvalue weighted by molar-refractivity contribution is -0.139. The highest BCUT2D eigenvalue weighted by molar-refractivity contribution is 5.95. The van der Waals surface area contributed by atoms with E-state index in [2.05, 4.69) is 10.6 Å². The molecule has 2 amide bonds. The predicted molar refractivity (Wildman–Crippen MR) is 106 cm³/mol. The van der Waals surface area contributed by atoms with Gasteiger partial charge in [-0.3, -0.25) is 0 Å². The number of benzene rings is 2. The third-order valence-corrected chi connectivity index (χ3v) is 4.63. The van der Waals surface area contributed by atoms with Crippen molar-refractivity contribution in [3.8, 4) is 5.75 Å². The summed E-state index contributed by atoms with van der Waals surface area (Å²) >= 11 is 0. The summed E-state index contributed by atoms with van der Waals surface area (Å²) < 4.78 is 11.0. The number of urea groups is 1. The largest absolute Gasteiger partial charge is 0.489 e. The van der Waals surface area contributed by atoms with E-state index in [0.717, 1.165) is 11.1 Å². The molecule has 0 aromatic heterocycles. The van der Waals surface area contributed by atoms with E-state index in [9.17, 15) is 9.59 Å². The van der Waals surface area contributed by atoms with Crippen LogP contribution in [0.2, 0.25) is 0 Å². The summed E-state index contributed by atoms with van der Waals surface area (Å²) in [6.45, 7) is 6.23. The molecule has 28 heavy (non-hydrogen) atoms. The fraction of sp³-hybridized carbons (Fsp3) is 0.273. The molecule has 2 aromatic carbocycles. The standard InChI is InChI=1S/C22H24N2O4/c1-4-27-21(25)19-15(3)23-22(26)24-20(19)16-9-11-18(12-10-16)28-13-17-8-6-5-7-14(17)2/h5-12,20H,4,13H2,1-3H3,(H2,23,24,26). The minimum Gasteiger partial charge on any atom is -0.489 e. The van der Waals surface area contributed by atoms with Gasteiger partial charge in [0.05, 0.1) is 18.2 Å². The molecule has 146 valence electrons. The molecule has 0 aliphatic carbocycles. The number of rotatable bonds is 6. The highest BCUT2D eigenvalue weighted by Crippen LogP contribution is 2.29. The summed E-state index contributed by atoms with van der Waals surface area (Å²) in [4.78, 5) is 24.3. The highest BCUT2D eigenvalue weighted by atomic mass is 16.5. The van der Waals surface area contributed by atoms with Gasteiger partial charge in [-0.2, -0.15) is 0 Å². The van der Waals surface area contributed by atoms with Crippen LogP contribution in [-0.4, -0.2) is 18.6 Å². The van der Waals surface area contributed by atoms with Crippen LogP contribution in [0.25, 0.3) is 0 Å². The summed E-state index contributed by atoms with van der Waals surface area (Å²) in [7, 11) is 0. The molecule has 1 atom stereocenters. The van der Waals surface area contributed by atoms with Gasteiger partial charge < -0.3 is 20.1 Å². The van der Waals surface area contributed by atoms with Crippen molar-refractivity contribution in [2.45, 2.75) is 33.4 Å². The Morgan fingerprint density at radius 1 is 1.07 bits per heavy atom. The monoisotopic (exact) mass is 380 g/mol. The van der Waals surface area contributed by atoms with Gasteiger partial charge in [0.15, 0.2) is 0 Å². The van der Waals surface area contributed by atoms with Crippen molar-refractivity contribution in [1.82, 2.24) is 10.6 Å². The Bertz CT molecular complexity index is 903. The third-order valence-electron chi connectivity index (χ3n) is 4.63. The van der Waals surface area contributed by atoms with Gasteiger partial charge in [0, 0.05) is 5.70 Å². The van der Waals surface area contributed by atoms with Crippen LogP contribution in [0.1, 0.15) is 36.6 Å². The van der Waals surface area contributed by atoms with Crippen LogP contribution in [0, 0.1) is 6.92 Å². The zero-order valence-electron chi connectivity index (χ0n) is 16.2. The zero-order chi connectivity index (χ0) is 20.1. The molecule has 2 aromatic rings. The van der Waals surface area contributed by atoms with Crippen molar-refractivity contribution in [2.75, 3.05) is 6.61 Å². The molecule has 2 N–H and O–H groups in total. The molecule has 0 bridgehead atoms. The maximum absolute atomic E-state index is 12.4. The zero-order valence-corrected chi connectivity index (χ0v) is 16.2. The first-order valence-corrected chi connectivity index (χ1v) is 9.22. The summed E-state index contributed by atoms with van der Waals surface area (Å²) in [5.74, 6) is 0.267. The fourth-order valence-corrected chi connectivity index (χ4v) is 3.11. The fourth-order valence-electron chi connectivity index (χ4n) is 3.11. The number of allylic oxidation sites excluding steroid dienone is 1. The molecule has 3 rings (SSSR count). The van der Waals surface area contributed by atoms with Crippen molar-refractivity contribution in [3.05, 3.63) is 76.5 Å². The van der Waals surface area contributed by atoms with Gasteiger partial charge in [0.1, 0.15) is 12.4 Å². The molecular formula is C22H24N2O4. The first-order valence-electron chi connectivity index (χ1n) is 9.22. The minimum absolute atomic E-state index is 0.266. The van der Waals surface area contributed by atoms with E-state index in [1.165, 1.54) is 5.56 Å². The SMILES string of the molecule is CCOC(=O)C1=C(C)NC(=O)NC1c1ccc(OCc2ccccc2C)cc1. The molecule has 0 saturated carbocycles. The van der Waals surface area contributed by atoms with Crippen molar-refractivity contribution in [1.29, 1.82) is 0 Å². The second-order valence-electron chi connectivity index (χ2n) is 6.57. The number of aryl methyl sites for hydroxylation is 1. The van der Waals surface area contributed by atoms with E-state index in [1.54, 1.807) is 13.8 Å². The van der Waals surface area contributed by atoms with Gasteiger partial charge in [-0.15, -0.1) is 0 Å². The molecule has 0 spiro atoms. The van der Waals surface area contributed by atoms with Crippen molar-refractivity contribution in [2.24, 2.45) is 0 Å². The summed E-state index contributed by atoms with van der Waals surface area (Å²) in [5.41, 5.74) is 3.97. The molecule has 1 unspecified atom stereocenters.